The fraction of sp³-hybridized carbons (Fsp3) is 0.632. The quantitative estimate of drug-likeness (QED) is 0.729. The Morgan fingerprint density at radius 1 is 1.31 bits per heavy atom. The Morgan fingerprint density at radius 3 is 2.69 bits per heavy atom. The molecule has 1 aromatic rings. The zero-order valence-electron chi connectivity index (χ0n) is 16.0. The summed E-state index contributed by atoms with van der Waals surface area (Å²) in [6, 6.07) is 5.52. The van der Waals surface area contributed by atoms with Gasteiger partial charge in [0.05, 0.1) is 19.5 Å². The van der Waals surface area contributed by atoms with Crippen molar-refractivity contribution < 1.29 is 22.1 Å². The van der Waals surface area contributed by atoms with Gasteiger partial charge in [-0.3, -0.25) is 0 Å². The van der Waals surface area contributed by atoms with Crippen molar-refractivity contribution in [2.75, 3.05) is 12.9 Å². The predicted molar refractivity (Wildman–Crippen MR) is 100 cm³/mol. The largest absolute Gasteiger partial charge is 0.376 e. The van der Waals surface area contributed by atoms with Gasteiger partial charge in [-0.05, 0) is 41.4 Å². The Bertz CT molecular complexity index is 737. The fourth-order valence-corrected chi connectivity index (χ4v) is 3.28. The second-order valence-corrected chi connectivity index (χ2v) is 9.62. The van der Waals surface area contributed by atoms with Gasteiger partial charge in [0.15, 0.2) is 0 Å². The van der Waals surface area contributed by atoms with E-state index in [4.69, 9.17) is 4.74 Å². The van der Waals surface area contributed by atoms with Crippen LogP contribution in [0.4, 0.5) is 0 Å². The molecule has 0 aliphatic carbocycles. The molecule has 26 heavy (non-hydrogen) atoms. The molecule has 0 saturated heterocycles. The average molecular weight is 384 g/mol. The summed E-state index contributed by atoms with van der Waals surface area (Å²) in [7, 11) is -3.82. The number of hydrogen-bond donors (Lipinski definition) is 1. The van der Waals surface area contributed by atoms with Gasteiger partial charge in [-0.25, -0.2) is 4.79 Å². The third kappa shape index (κ3) is 7.05. The van der Waals surface area contributed by atoms with Crippen LogP contribution in [-0.4, -0.2) is 33.3 Å². The number of rotatable bonds is 7. The van der Waals surface area contributed by atoms with Gasteiger partial charge < -0.3 is 14.2 Å². The third-order valence-electron chi connectivity index (χ3n) is 4.30. The number of fused-ring (bicyclic) bond motifs is 1. The van der Waals surface area contributed by atoms with Crippen LogP contribution in [0.15, 0.2) is 18.2 Å². The summed E-state index contributed by atoms with van der Waals surface area (Å²) in [6.07, 6.45) is 3.07. The molecule has 7 heteroatoms. The highest BCUT2D eigenvalue weighted by Gasteiger charge is 2.25. The lowest BCUT2D eigenvalue weighted by Crippen LogP contribution is -2.39. The summed E-state index contributed by atoms with van der Waals surface area (Å²) in [5.41, 5.74) is 3.53. The first-order chi connectivity index (χ1) is 12.0. The van der Waals surface area contributed by atoms with Gasteiger partial charge >= 0.3 is 16.1 Å². The Kier molecular flexibility index (Phi) is 6.82. The maximum absolute atomic E-state index is 12.2. The van der Waals surface area contributed by atoms with Crippen LogP contribution in [0.1, 0.15) is 50.3 Å². The first kappa shape index (κ1) is 20.9. The number of carbonyl (C=O) groups excluding carboxylic acids is 1. The molecule has 0 unspecified atom stereocenters. The highest BCUT2D eigenvalue weighted by atomic mass is 32.2. The van der Waals surface area contributed by atoms with Crippen LogP contribution >= 0.6 is 0 Å². The molecule has 6 nitrogen and oxygen atoms in total. The molecular weight excluding hydrogens is 354 g/mol. The van der Waals surface area contributed by atoms with Crippen molar-refractivity contribution >= 4 is 16.1 Å². The minimum atomic E-state index is -3.82. The minimum Gasteiger partial charge on any atom is -0.376 e. The van der Waals surface area contributed by atoms with Crippen LogP contribution in [0.3, 0.4) is 0 Å². The van der Waals surface area contributed by atoms with E-state index in [2.05, 4.69) is 42.4 Å². The van der Waals surface area contributed by atoms with Crippen molar-refractivity contribution in [3.8, 4) is 0 Å². The van der Waals surface area contributed by atoms with Crippen molar-refractivity contribution in [3.05, 3.63) is 34.9 Å². The Hall–Kier alpha value is -1.44. The van der Waals surface area contributed by atoms with E-state index in [1.54, 1.807) is 0 Å². The molecule has 0 bridgehead atoms. The number of nitrogens with one attached hydrogen (secondary N) is 1. The van der Waals surface area contributed by atoms with Crippen LogP contribution in [-0.2, 0) is 43.4 Å². The zero-order valence-corrected chi connectivity index (χ0v) is 16.8. The molecule has 1 aliphatic rings. The third-order valence-corrected chi connectivity index (χ3v) is 4.76. The predicted octanol–water partition coefficient (Wildman–Crippen LogP) is 2.55. The molecule has 1 N–H and O–H groups in total. The maximum Gasteiger partial charge on any atom is 0.338 e. The van der Waals surface area contributed by atoms with Crippen molar-refractivity contribution in [3.63, 3.8) is 0 Å². The molecule has 1 aliphatic heterocycles. The summed E-state index contributed by atoms with van der Waals surface area (Å²) < 4.78 is 32.7. The van der Waals surface area contributed by atoms with Crippen LogP contribution in [0, 0.1) is 5.41 Å². The molecular formula is C19H29NO5S. The molecule has 1 atom stereocenters. The second kappa shape index (κ2) is 8.50. The van der Waals surface area contributed by atoms with Crippen molar-refractivity contribution in [2.45, 2.75) is 59.2 Å². The molecule has 0 fully saturated rings. The molecule has 2 rings (SSSR count). The topological polar surface area (TPSA) is 81.7 Å². The summed E-state index contributed by atoms with van der Waals surface area (Å²) in [5.74, 6) is -0.752. The SMILES string of the molecule is CC(C)(C)CC[C@H](NCc1ccc2c(c1)COCC2)C(=O)OS(C)(=O)=O. The smallest absolute Gasteiger partial charge is 0.338 e. The van der Waals surface area contributed by atoms with Crippen LogP contribution in [0.2, 0.25) is 0 Å². The van der Waals surface area contributed by atoms with Crippen LogP contribution < -0.4 is 5.32 Å². The number of hydrogen-bond acceptors (Lipinski definition) is 6. The highest BCUT2D eigenvalue weighted by Crippen LogP contribution is 2.23. The number of ether oxygens (including phenoxy) is 1. The molecule has 0 amide bonds. The number of carbonyl (C=O) groups is 1. The van der Waals surface area contributed by atoms with E-state index >= 15 is 0 Å². The molecule has 1 aromatic carbocycles. The summed E-state index contributed by atoms with van der Waals surface area (Å²) >= 11 is 0. The monoisotopic (exact) mass is 383 g/mol. The van der Waals surface area contributed by atoms with Gasteiger partial charge in [-0.15, -0.1) is 0 Å². The van der Waals surface area contributed by atoms with E-state index in [-0.39, 0.29) is 5.41 Å². The van der Waals surface area contributed by atoms with Crippen LogP contribution in [0.25, 0.3) is 0 Å². The standard InChI is InChI=1S/C19H29NO5S/c1-19(2,3)9-7-17(18(21)25-26(4,22)23)20-12-14-5-6-15-8-10-24-13-16(15)11-14/h5-6,11,17,20H,7-10,12-13H2,1-4H3/t17-/m0/s1. The van der Waals surface area contributed by atoms with Gasteiger partial charge in [0, 0.05) is 6.54 Å². The van der Waals surface area contributed by atoms with Crippen LogP contribution in [0.5, 0.6) is 0 Å². The Balaban J connectivity index is 2.04. The lowest BCUT2D eigenvalue weighted by Gasteiger charge is -2.23. The fourth-order valence-electron chi connectivity index (χ4n) is 2.86. The molecule has 1 heterocycles. The molecule has 0 radical (unpaired) electrons. The normalized spacial score (nSPS) is 16.0. The van der Waals surface area contributed by atoms with Gasteiger partial charge in [-0.2, -0.15) is 8.42 Å². The van der Waals surface area contributed by atoms with E-state index in [0.29, 0.717) is 19.6 Å². The molecule has 0 spiro atoms. The Labute approximate surface area is 156 Å². The lowest BCUT2D eigenvalue weighted by molar-refractivity contribution is -0.136. The zero-order chi connectivity index (χ0) is 19.4. The molecule has 0 aromatic heterocycles. The van der Waals surface area contributed by atoms with Crippen molar-refractivity contribution in [2.24, 2.45) is 5.41 Å². The summed E-state index contributed by atoms with van der Waals surface area (Å²) in [5, 5.41) is 3.16. The lowest BCUT2D eigenvalue weighted by atomic mass is 9.88. The van der Waals surface area contributed by atoms with Gasteiger partial charge in [0.1, 0.15) is 6.04 Å². The number of benzene rings is 1. The van der Waals surface area contributed by atoms with E-state index < -0.39 is 22.1 Å². The van der Waals surface area contributed by atoms with E-state index in [9.17, 15) is 13.2 Å². The first-order valence-corrected chi connectivity index (χ1v) is 10.7. The maximum atomic E-state index is 12.2. The summed E-state index contributed by atoms with van der Waals surface area (Å²) in [6.45, 7) is 8.05. The van der Waals surface area contributed by atoms with E-state index in [1.807, 2.05) is 6.07 Å². The van der Waals surface area contributed by atoms with E-state index in [0.717, 1.165) is 31.3 Å². The van der Waals surface area contributed by atoms with Gasteiger partial charge in [0.25, 0.3) is 0 Å². The molecule has 146 valence electrons. The van der Waals surface area contributed by atoms with Gasteiger partial charge in [0.2, 0.25) is 0 Å². The van der Waals surface area contributed by atoms with Crippen molar-refractivity contribution in [1.29, 1.82) is 0 Å². The minimum absolute atomic E-state index is 0.0362. The second-order valence-electron chi connectivity index (χ2n) is 8.04. The summed E-state index contributed by atoms with van der Waals surface area (Å²) in [4.78, 5) is 12.2. The van der Waals surface area contributed by atoms with Crippen molar-refractivity contribution in [1.82, 2.24) is 5.32 Å². The average Bonchev–Trinajstić information content (AvgIpc) is 2.52. The highest BCUT2D eigenvalue weighted by molar-refractivity contribution is 7.86. The Morgan fingerprint density at radius 2 is 2.04 bits per heavy atom. The van der Waals surface area contributed by atoms with Gasteiger partial charge in [-0.1, -0.05) is 39.0 Å². The molecule has 0 saturated carbocycles. The first-order valence-electron chi connectivity index (χ1n) is 8.89. The van der Waals surface area contributed by atoms with E-state index in [1.165, 1.54) is 11.1 Å².